The number of benzene rings is 2. The minimum absolute atomic E-state index is 0.148. The molecule has 3 N–H and O–H groups in total. The lowest BCUT2D eigenvalue weighted by Gasteiger charge is -2.17. The summed E-state index contributed by atoms with van der Waals surface area (Å²) in [5.41, 5.74) is 8.21. The predicted molar refractivity (Wildman–Crippen MR) is 120 cm³/mol. The van der Waals surface area contributed by atoms with Crippen LogP contribution in [0.1, 0.15) is 32.8 Å². The molecule has 2 amide bonds. The summed E-state index contributed by atoms with van der Waals surface area (Å²) >= 11 is 1.48. The third-order valence-electron chi connectivity index (χ3n) is 5.40. The number of rotatable bonds is 7. The highest BCUT2D eigenvalue weighted by molar-refractivity contribution is 7.17. The Morgan fingerprint density at radius 1 is 1.17 bits per heavy atom. The van der Waals surface area contributed by atoms with Gasteiger partial charge in [-0.3, -0.25) is 14.5 Å². The summed E-state index contributed by atoms with van der Waals surface area (Å²) in [7, 11) is 3.56. The molecule has 30 heavy (non-hydrogen) atoms. The van der Waals surface area contributed by atoms with Crippen LogP contribution in [0.25, 0.3) is 10.8 Å². The van der Waals surface area contributed by atoms with Gasteiger partial charge in [-0.2, -0.15) is 0 Å². The van der Waals surface area contributed by atoms with Crippen molar-refractivity contribution in [2.24, 2.45) is 5.73 Å². The molecule has 156 valence electrons. The van der Waals surface area contributed by atoms with Gasteiger partial charge in [-0.25, -0.2) is 0 Å². The van der Waals surface area contributed by atoms with E-state index >= 15 is 0 Å². The van der Waals surface area contributed by atoms with E-state index in [4.69, 9.17) is 10.5 Å². The van der Waals surface area contributed by atoms with Gasteiger partial charge in [0.25, 0.3) is 5.91 Å². The van der Waals surface area contributed by atoms with Crippen molar-refractivity contribution in [2.45, 2.75) is 25.8 Å². The zero-order valence-electron chi connectivity index (χ0n) is 17.2. The molecule has 1 heterocycles. The zero-order valence-corrected chi connectivity index (χ0v) is 18.0. The number of nitrogens with one attached hydrogen (secondary N) is 1. The molecule has 0 fully saturated rings. The maximum absolute atomic E-state index is 12.6. The van der Waals surface area contributed by atoms with E-state index in [-0.39, 0.29) is 12.5 Å². The molecule has 0 atom stereocenters. The van der Waals surface area contributed by atoms with Crippen LogP contribution in [0, 0.1) is 0 Å². The average molecular weight is 424 g/mol. The fourth-order valence-corrected chi connectivity index (χ4v) is 5.34. The summed E-state index contributed by atoms with van der Waals surface area (Å²) in [5, 5.41) is 5.74. The zero-order chi connectivity index (χ0) is 21.3. The summed E-state index contributed by atoms with van der Waals surface area (Å²) in [6, 6.07) is 12.2. The lowest BCUT2D eigenvalue weighted by atomic mass is 10.1. The summed E-state index contributed by atoms with van der Waals surface area (Å²) in [6.07, 6.45) is 2.84. The van der Waals surface area contributed by atoms with E-state index in [0.717, 1.165) is 46.9 Å². The number of hydrogen-bond donors (Lipinski definition) is 2. The lowest BCUT2D eigenvalue weighted by molar-refractivity contribution is -0.117. The summed E-state index contributed by atoms with van der Waals surface area (Å²) in [6.45, 7) is 0.862. The second kappa shape index (κ2) is 8.45. The van der Waals surface area contributed by atoms with Crippen molar-refractivity contribution >= 4 is 38.9 Å². The number of likely N-dealkylation sites (N-methyl/N-ethyl adjacent to an activating group) is 1. The van der Waals surface area contributed by atoms with Gasteiger partial charge in [0.05, 0.1) is 19.2 Å². The largest absolute Gasteiger partial charge is 0.497 e. The summed E-state index contributed by atoms with van der Waals surface area (Å²) in [5.74, 6) is 0.218. The van der Waals surface area contributed by atoms with E-state index in [1.165, 1.54) is 16.2 Å². The van der Waals surface area contributed by atoms with Crippen LogP contribution in [-0.2, 0) is 24.2 Å². The number of nitrogens with zero attached hydrogens (tertiary/aromatic N) is 1. The van der Waals surface area contributed by atoms with Crippen LogP contribution >= 0.6 is 11.3 Å². The Labute approximate surface area is 179 Å². The van der Waals surface area contributed by atoms with Gasteiger partial charge in [0.15, 0.2) is 0 Å². The molecule has 1 aliphatic carbocycles. The molecule has 0 radical (unpaired) electrons. The van der Waals surface area contributed by atoms with E-state index in [1.54, 1.807) is 7.11 Å². The smallest absolute Gasteiger partial charge is 0.251 e. The molecular formula is C23H25N3O3S. The maximum atomic E-state index is 12.6. The van der Waals surface area contributed by atoms with Gasteiger partial charge in [-0.1, -0.05) is 18.2 Å². The molecule has 0 bridgehead atoms. The molecule has 0 aliphatic heterocycles. The second-order valence-corrected chi connectivity index (χ2v) is 8.80. The third kappa shape index (κ3) is 4.17. The van der Waals surface area contributed by atoms with Crippen LogP contribution in [0.4, 0.5) is 5.00 Å². The molecule has 1 aliphatic rings. The van der Waals surface area contributed by atoms with Crippen LogP contribution in [0.3, 0.4) is 0 Å². The number of nitrogens with two attached hydrogens (primary N) is 1. The molecule has 7 heteroatoms. The van der Waals surface area contributed by atoms with Gasteiger partial charge in [0.2, 0.25) is 5.91 Å². The number of methoxy groups -OCH3 is 1. The number of carbonyl (C=O) groups is 2. The van der Waals surface area contributed by atoms with E-state index in [0.29, 0.717) is 17.1 Å². The topological polar surface area (TPSA) is 84.7 Å². The second-order valence-electron chi connectivity index (χ2n) is 7.69. The molecule has 4 rings (SSSR count). The fourth-order valence-electron chi connectivity index (χ4n) is 4.03. The molecule has 0 saturated heterocycles. The van der Waals surface area contributed by atoms with Gasteiger partial charge < -0.3 is 15.8 Å². The van der Waals surface area contributed by atoms with E-state index < -0.39 is 5.91 Å². The maximum Gasteiger partial charge on any atom is 0.251 e. The molecular weight excluding hydrogens is 398 g/mol. The van der Waals surface area contributed by atoms with E-state index in [2.05, 4.69) is 23.5 Å². The number of hydrogen-bond acceptors (Lipinski definition) is 5. The third-order valence-corrected chi connectivity index (χ3v) is 6.61. The van der Waals surface area contributed by atoms with E-state index in [9.17, 15) is 9.59 Å². The summed E-state index contributed by atoms with van der Waals surface area (Å²) in [4.78, 5) is 27.6. The van der Waals surface area contributed by atoms with Crippen LogP contribution in [-0.4, -0.2) is 37.4 Å². The molecule has 1 aromatic heterocycles. The van der Waals surface area contributed by atoms with Crippen molar-refractivity contribution in [1.82, 2.24) is 4.90 Å². The Balaban J connectivity index is 1.41. The van der Waals surface area contributed by atoms with Gasteiger partial charge in [0.1, 0.15) is 10.8 Å². The van der Waals surface area contributed by atoms with Crippen molar-refractivity contribution in [1.29, 1.82) is 0 Å². The number of amides is 2. The van der Waals surface area contributed by atoms with Crippen molar-refractivity contribution in [3.05, 3.63) is 58.0 Å². The minimum atomic E-state index is -0.467. The molecule has 0 unspecified atom stereocenters. The normalized spacial score (nSPS) is 12.9. The van der Waals surface area contributed by atoms with Crippen molar-refractivity contribution in [3.8, 4) is 5.75 Å². The van der Waals surface area contributed by atoms with Gasteiger partial charge >= 0.3 is 0 Å². The Morgan fingerprint density at radius 2 is 1.93 bits per heavy atom. The number of anilines is 1. The Morgan fingerprint density at radius 3 is 2.70 bits per heavy atom. The average Bonchev–Trinajstić information content (AvgIpc) is 3.27. The first-order valence-corrected chi connectivity index (χ1v) is 10.8. The Bertz CT molecular complexity index is 1120. The van der Waals surface area contributed by atoms with Crippen LogP contribution in [0.15, 0.2) is 36.4 Å². The monoisotopic (exact) mass is 423 g/mol. The van der Waals surface area contributed by atoms with Crippen molar-refractivity contribution < 1.29 is 14.3 Å². The number of fused-ring (bicyclic) bond motifs is 2. The van der Waals surface area contributed by atoms with Gasteiger partial charge in [-0.05, 0) is 66.4 Å². The summed E-state index contributed by atoms with van der Waals surface area (Å²) < 4.78 is 5.27. The molecule has 6 nitrogen and oxygen atoms in total. The van der Waals surface area contributed by atoms with Crippen LogP contribution < -0.4 is 15.8 Å². The molecule has 0 saturated carbocycles. The van der Waals surface area contributed by atoms with E-state index in [1.807, 2.05) is 30.1 Å². The number of primary amides is 1. The number of aryl methyl sites for hydroxylation is 1. The highest BCUT2D eigenvalue weighted by Gasteiger charge is 2.26. The van der Waals surface area contributed by atoms with Crippen molar-refractivity contribution in [2.75, 3.05) is 26.0 Å². The molecule has 2 aromatic carbocycles. The fraction of sp³-hybridized carbons (Fsp3) is 0.304. The molecule has 0 spiro atoms. The van der Waals surface area contributed by atoms with Gasteiger partial charge in [-0.15, -0.1) is 11.3 Å². The number of thiophene rings is 1. The van der Waals surface area contributed by atoms with Crippen LogP contribution in [0.5, 0.6) is 5.75 Å². The first-order valence-electron chi connectivity index (χ1n) is 9.94. The standard InChI is InChI=1S/C23H25N3O3S/c1-26(12-14-6-7-16-11-17(29-2)9-8-15(16)10-14)13-20(27)25-23-21(22(24)28)18-4-3-5-19(18)30-23/h6-11H,3-5,12-13H2,1-2H3,(H2,24,28)(H,25,27). The lowest BCUT2D eigenvalue weighted by Crippen LogP contribution is -2.30. The van der Waals surface area contributed by atoms with Crippen molar-refractivity contribution in [3.63, 3.8) is 0 Å². The highest BCUT2D eigenvalue weighted by Crippen LogP contribution is 2.38. The number of ether oxygens (including phenoxy) is 1. The highest BCUT2D eigenvalue weighted by atomic mass is 32.1. The first kappa shape index (κ1) is 20.4. The Kier molecular flexibility index (Phi) is 5.74. The van der Waals surface area contributed by atoms with Crippen LogP contribution in [0.2, 0.25) is 0 Å². The minimum Gasteiger partial charge on any atom is -0.497 e. The Hall–Kier alpha value is -2.90. The quantitative estimate of drug-likeness (QED) is 0.608. The van der Waals surface area contributed by atoms with Gasteiger partial charge in [0, 0.05) is 11.4 Å². The SMILES string of the molecule is COc1ccc2cc(CN(C)CC(=O)Nc3sc4c(c3C(N)=O)CCC4)ccc2c1. The predicted octanol–water partition coefficient (Wildman–Crippen LogP) is 3.57. The first-order chi connectivity index (χ1) is 14.4. The number of carbonyl (C=O) groups excluding carboxylic acids is 2. The molecule has 3 aromatic rings.